The fourth-order valence-corrected chi connectivity index (χ4v) is 4.84. The zero-order chi connectivity index (χ0) is 21.1. The van der Waals surface area contributed by atoms with Crippen molar-refractivity contribution in [3.05, 3.63) is 76.8 Å². The maximum Gasteiger partial charge on any atom is 0.236 e. The van der Waals surface area contributed by atoms with Crippen LogP contribution in [0.25, 0.3) is 11.4 Å². The van der Waals surface area contributed by atoms with Crippen LogP contribution in [-0.4, -0.2) is 37.4 Å². The van der Waals surface area contributed by atoms with Crippen LogP contribution in [0.3, 0.4) is 0 Å². The summed E-state index contributed by atoms with van der Waals surface area (Å²) in [7, 11) is 0. The van der Waals surface area contributed by atoms with Crippen molar-refractivity contribution in [2.45, 2.75) is 36.8 Å². The van der Waals surface area contributed by atoms with Gasteiger partial charge in [0.15, 0.2) is 11.0 Å². The second-order valence-corrected chi connectivity index (χ2v) is 9.47. The predicted octanol–water partition coefficient (Wildman–Crippen LogP) is 4.96. The Balaban J connectivity index is 1.51. The molecule has 1 unspecified atom stereocenters. The lowest BCUT2D eigenvalue weighted by molar-refractivity contribution is -0.131. The van der Waals surface area contributed by atoms with Crippen LogP contribution in [0.2, 0.25) is 0 Å². The fraction of sp³-hybridized carbons (Fsp3) is 0.261. The summed E-state index contributed by atoms with van der Waals surface area (Å²) in [5.74, 6) is 0.907. The normalized spacial score (nSPS) is 14.3. The standard InChI is InChI=1S/C23H23BrN4OS/c1-3-13-28-21(18-8-10-20(24)11-9-18)25-26-23(28)30-16(2)22(29)27-14-12-17-6-4-5-7-19(17)15-27/h3-11,16H,1,12-15H2,2H3. The Kier molecular flexibility index (Phi) is 6.39. The van der Waals surface area contributed by atoms with Gasteiger partial charge in [-0.3, -0.25) is 9.36 Å². The first-order valence-corrected chi connectivity index (χ1v) is 11.6. The van der Waals surface area contributed by atoms with E-state index in [4.69, 9.17) is 0 Å². The molecule has 0 bridgehead atoms. The minimum absolute atomic E-state index is 0.132. The van der Waals surface area contributed by atoms with Crippen molar-refractivity contribution in [2.75, 3.05) is 6.54 Å². The zero-order valence-corrected chi connectivity index (χ0v) is 19.2. The SMILES string of the molecule is C=CCn1c(SC(C)C(=O)N2CCc3ccccc3C2)nnc1-c1ccc(Br)cc1. The molecule has 1 amide bonds. The van der Waals surface area contributed by atoms with Gasteiger partial charge in [0.2, 0.25) is 5.91 Å². The molecule has 5 nitrogen and oxygen atoms in total. The van der Waals surface area contributed by atoms with E-state index in [0.717, 1.165) is 34.0 Å². The molecule has 0 aliphatic carbocycles. The Labute approximate surface area is 189 Å². The van der Waals surface area contributed by atoms with Gasteiger partial charge in [0.05, 0.1) is 5.25 Å². The number of allylic oxidation sites excluding steroid dienone is 1. The fourth-order valence-electron chi connectivity index (χ4n) is 3.63. The van der Waals surface area contributed by atoms with Crippen molar-refractivity contribution in [3.63, 3.8) is 0 Å². The molecule has 0 radical (unpaired) electrons. The highest BCUT2D eigenvalue weighted by Gasteiger charge is 2.27. The van der Waals surface area contributed by atoms with Gasteiger partial charge in [-0.2, -0.15) is 0 Å². The molecule has 4 rings (SSSR count). The van der Waals surface area contributed by atoms with E-state index < -0.39 is 0 Å². The van der Waals surface area contributed by atoms with Gasteiger partial charge in [0.1, 0.15) is 0 Å². The minimum atomic E-state index is -0.249. The summed E-state index contributed by atoms with van der Waals surface area (Å²) in [6.45, 7) is 7.82. The first kappa shape index (κ1) is 20.9. The summed E-state index contributed by atoms with van der Waals surface area (Å²) in [4.78, 5) is 15.1. The molecule has 7 heteroatoms. The van der Waals surface area contributed by atoms with Gasteiger partial charge in [-0.15, -0.1) is 16.8 Å². The lowest BCUT2D eigenvalue weighted by atomic mass is 10.00. The molecule has 1 atom stereocenters. The van der Waals surface area contributed by atoms with Crippen LogP contribution >= 0.6 is 27.7 Å². The number of amides is 1. The number of nitrogens with zero attached hydrogens (tertiary/aromatic N) is 4. The quantitative estimate of drug-likeness (QED) is 0.368. The number of rotatable bonds is 6. The largest absolute Gasteiger partial charge is 0.337 e. The van der Waals surface area contributed by atoms with Crippen LogP contribution in [0, 0.1) is 0 Å². The molecule has 0 N–H and O–H groups in total. The number of hydrogen-bond donors (Lipinski definition) is 0. The van der Waals surface area contributed by atoms with Gasteiger partial charge in [-0.1, -0.05) is 70.2 Å². The molecule has 2 aromatic carbocycles. The molecule has 0 spiro atoms. The molecule has 3 aromatic rings. The average Bonchev–Trinajstić information content (AvgIpc) is 3.15. The smallest absolute Gasteiger partial charge is 0.236 e. The number of carbonyl (C=O) groups excluding carboxylic acids is 1. The van der Waals surface area contributed by atoms with E-state index in [0.29, 0.717) is 13.1 Å². The number of carbonyl (C=O) groups is 1. The summed E-state index contributed by atoms with van der Waals surface area (Å²) < 4.78 is 3.02. The van der Waals surface area contributed by atoms with E-state index in [2.05, 4.69) is 50.9 Å². The predicted molar refractivity (Wildman–Crippen MR) is 124 cm³/mol. The highest BCUT2D eigenvalue weighted by molar-refractivity contribution is 9.10. The summed E-state index contributed by atoms with van der Waals surface area (Å²) in [5.41, 5.74) is 3.55. The van der Waals surface area contributed by atoms with E-state index in [-0.39, 0.29) is 11.2 Å². The number of halogens is 1. The Hall–Kier alpha value is -2.38. The number of hydrogen-bond acceptors (Lipinski definition) is 4. The van der Waals surface area contributed by atoms with Crippen LogP contribution in [0.15, 0.2) is 70.8 Å². The second kappa shape index (κ2) is 9.18. The van der Waals surface area contributed by atoms with Gasteiger partial charge >= 0.3 is 0 Å². The van der Waals surface area contributed by atoms with E-state index in [1.807, 2.05) is 52.8 Å². The van der Waals surface area contributed by atoms with Crippen LogP contribution < -0.4 is 0 Å². The van der Waals surface area contributed by atoms with Gasteiger partial charge in [0, 0.05) is 29.7 Å². The molecule has 1 aliphatic rings. The number of fused-ring (bicyclic) bond motifs is 1. The summed E-state index contributed by atoms with van der Waals surface area (Å²) in [6, 6.07) is 16.3. The van der Waals surface area contributed by atoms with E-state index >= 15 is 0 Å². The van der Waals surface area contributed by atoms with E-state index in [1.54, 1.807) is 0 Å². The Morgan fingerprint density at radius 2 is 1.93 bits per heavy atom. The maximum atomic E-state index is 13.1. The van der Waals surface area contributed by atoms with Crippen molar-refractivity contribution in [2.24, 2.45) is 0 Å². The van der Waals surface area contributed by atoms with Gasteiger partial charge in [0.25, 0.3) is 0 Å². The summed E-state index contributed by atoms with van der Waals surface area (Å²) in [6.07, 6.45) is 2.73. The highest BCUT2D eigenvalue weighted by atomic mass is 79.9. The number of benzene rings is 2. The van der Waals surface area contributed by atoms with Crippen LogP contribution in [0.1, 0.15) is 18.1 Å². The summed E-state index contributed by atoms with van der Waals surface area (Å²) >= 11 is 4.92. The summed E-state index contributed by atoms with van der Waals surface area (Å²) in [5, 5.41) is 9.25. The molecule has 0 saturated heterocycles. The van der Waals surface area contributed by atoms with Crippen molar-refractivity contribution in [1.82, 2.24) is 19.7 Å². The van der Waals surface area contributed by atoms with E-state index in [1.165, 1.54) is 22.9 Å². The van der Waals surface area contributed by atoms with Gasteiger partial charge < -0.3 is 4.90 Å². The first-order valence-electron chi connectivity index (χ1n) is 9.89. The molecular weight excluding hydrogens is 460 g/mol. The van der Waals surface area contributed by atoms with Crippen molar-refractivity contribution in [3.8, 4) is 11.4 Å². The molecule has 0 fully saturated rings. The lowest BCUT2D eigenvalue weighted by Gasteiger charge is -2.30. The van der Waals surface area contributed by atoms with Crippen LogP contribution in [0.5, 0.6) is 0 Å². The van der Waals surface area contributed by atoms with Crippen molar-refractivity contribution >= 4 is 33.6 Å². The third-order valence-electron chi connectivity index (χ3n) is 5.20. The van der Waals surface area contributed by atoms with E-state index in [9.17, 15) is 4.79 Å². The second-order valence-electron chi connectivity index (χ2n) is 7.25. The van der Waals surface area contributed by atoms with Gasteiger partial charge in [-0.05, 0) is 36.6 Å². The third-order valence-corrected chi connectivity index (χ3v) is 6.80. The zero-order valence-electron chi connectivity index (χ0n) is 16.8. The van der Waals surface area contributed by atoms with Gasteiger partial charge in [-0.25, -0.2) is 0 Å². The minimum Gasteiger partial charge on any atom is -0.337 e. The molecule has 1 aliphatic heterocycles. The number of thioether (sulfide) groups is 1. The third kappa shape index (κ3) is 4.37. The molecule has 2 heterocycles. The molecule has 30 heavy (non-hydrogen) atoms. The molecule has 154 valence electrons. The molecule has 0 saturated carbocycles. The highest BCUT2D eigenvalue weighted by Crippen LogP contribution is 2.29. The van der Waals surface area contributed by atoms with Crippen LogP contribution in [-0.2, 0) is 24.3 Å². The Morgan fingerprint density at radius 3 is 2.67 bits per heavy atom. The average molecular weight is 483 g/mol. The molecular formula is C23H23BrN4OS. The van der Waals surface area contributed by atoms with Crippen molar-refractivity contribution < 1.29 is 4.79 Å². The topological polar surface area (TPSA) is 51.0 Å². The Morgan fingerprint density at radius 1 is 1.20 bits per heavy atom. The van der Waals surface area contributed by atoms with Crippen molar-refractivity contribution in [1.29, 1.82) is 0 Å². The maximum absolute atomic E-state index is 13.1. The number of aromatic nitrogens is 3. The monoisotopic (exact) mass is 482 g/mol. The first-order chi connectivity index (χ1) is 14.6. The Bertz CT molecular complexity index is 1060. The lowest BCUT2D eigenvalue weighted by Crippen LogP contribution is -2.40. The molecule has 1 aromatic heterocycles. The van der Waals surface area contributed by atoms with Crippen LogP contribution in [0.4, 0.5) is 0 Å².